The summed E-state index contributed by atoms with van der Waals surface area (Å²) in [7, 11) is 5.66. The number of benzene rings is 1. The van der Waals surface area contributed by atoms with Crippen molar-refractivity contribution in [2.45, 2.75) is 13.1 Å². The third-order valence-corrected chi connectivity index (χ3v) is 4.05. The first-order valence-corrected chi connectivity index (χ1v) is 8.16. The van der Waals surface area contributed by atoms with Crippen molar-refractivity contribution >= 4 is 27.6 Å². The van der Waals surface area contributed by atoms with Gasteiger partial charge in [-0.2, -0.15) is 0 Å². The van der Waals surface area contributed by atoms with E-state index < -0.39 is 4.92 Å². The molecule has 1 aromatic heterocycles. The molecule has 7 nitrogen and oxygen atoms in total. The van der Waals surface area contributed by atoms with E-state index in [0.717, 1.165) is 21.7 Å². The Morgan fingerprint density at radius 2 is 2.21 bits per heavy atom. The third-order valence-electron chi connectivity index (χ3n) is 3.62. The molecule has 0 fully saturated rings. The van der Waals surface area contributed by atoms with E-state index in [2.05, 4.69) is 36.9 Å². The summed E-state index contributed by atoms with van der Waals surface area (Å²) in [5.74, 6) is 0.721. The smallest absolute Gasteiger partial charge is 0.269 e. The monoisotopic (exact) mass is 393 g/mol. The molecule has 0 amide bonds. The van der Waals surface area contributed by atoms with Crippen LogP contribution in [0, 0.1) is 10.1 Å². The molecule has 0 radical (unpaired) electrons. The van der Waals surface area contributed by atoms with Crippen LogP contribution in [-0.2, 0) is 20.1 Å². The summed E-state index contributed by atoms with van der Waals surface area (Å²) in [6.45, 7) is 1.16. The lowest BCUT2D eigenvalue weighted by Crippen LogP contribution is -2.38. The second kappa shape index (κ2) is 7.96. The predicted octanol–water partition coefficient (Wildman–Crippen LogP) is 2.90. The molecule has 1 heterocycles. The molecule has 0 unspecified atom stereocenters. The molecule has 0 aliphatic carbocycles. The van der Waals surface area contributed by atoms with Crippen molar-refractivity contribution in [1.82, 2.24) is 14.8 Å². The number of rotatable bonds is 5. The number of hydrogen-bond donors (Lipinski definition) is 1. The lowest BCUT2D eigenvalue weighted by Gasteiger charge is -2.22. The van der Waals surface area contributed by atoms with E-state index in [9.17, 15) is 10.1 Å². The first kappa shape index (κ1) is 18.0. The molecule has 0 atom stereocenters. The van der Waals surface area contributed by atoms with E-state index in [1.54, 1.807) is 19.2 Å². The molecule has 1 N–H and O–H groups in total. The van der Waals surface area contributed by atoms with Crippen LogP contribution in [0.3, 0.4) is 0 Å². The van der Waals surface area contributed by atoms with Gasteiger partial charge in [-0.15, -0.1) is 0 Å². The molecule has 0 aliphatic heterocycles. The maximum atomic E-state index is 10.8. The Morgan fingerprint density at radius 1 is 1.46 bits per heavy atom. The first-order valence-electron chi connectivity index (χ1n) is 7.36. The highest BCUT2D eigenvalue weighted by molar-refractivity contribution is 9.10. The van der Waals surface area contributed by atoms with E-state index in [1.165, 1.54) is 6.07 Å². The lowest BCUT2D eigenvalue weighted by molar-refractivity contribution is -0.384. The SMILES string of the molecule is CN=C(NCc1cccc([N+](=O)[O-])c1)N(C)Cc1cc(Br)cn1C. The number of nitrogens with zero attached hydrogens (tertiary/aromatic N) is 4. The van der Waals surface area contributed by atoms with E-state index >= 15 is 0 Å². The number of aryl methyl sites for hydroxylation is 1. The van der Waals surface area contributed by atoms with Crippen LogP contribution >= 0.6 is 15.9 Å². The summed E-state index contributed by atoms with van der Waals surface area (Å²) in [4.78, 5) is 16.7. The maximum Gasteiger partial charge on any atom is 0.269 e. The molecule has 0 bridgehead atoms. The van der Waals surface area contributed by atoms with Gasteiger partial charge in [-0.05, 0) is 27.6 Å². The van der Waals surface area contributed by atoms with Crippen LogP contribution < -0.4 is 5.32 Å². The number of halogens is 1. The largest absolute Gasteiger partial charge is 0.352 e. The topological polar surface area (TPSA) is 75.7 Å². The van der Waals surface area contributed by atoms with Crippen LogP contribution in [0.5, 0.6) is 0 Å². The summed E-state index contributed by atoms with van der Waals surface area (Å²) < 4.78 is 3.09. The van der Waals surface area contributed by atoms with Gasteiger partial charge in [-0.1, -0.05) is 12.1 Å². The molecule has 0 spiro atoms. The molecule has 24 heavy (non-hydrogen) atoms. The van der Waals surface area contributed by atoms with Gasteiger partial charge in [-0.3, -0.25) is 15.1 Å². The molecule has 128 valence electrons. The maximum absolute atomic E-state index is 10.8. The van der Waals surface area contributed by atoms with E-state index in [1.807, 2.05) is 31.3 Å². The highest BCUT2D eigenvalue weighted by atomic mass is 79.9. The van der Waals surface area contributed by atoms with Crippen molar-refractivity contribution < 1.29 is 4.92 Å². The quantitative estimate of drug-likeness (QED) is 0.366. The van der Waals surface area contributed by atoms with Gasteiger partial charge in [0.1, 0.15) is 0 Å². The highest BCUT2D eigenvalue weighted by Crippen LogP contribution is 2.15. The normalized spacial score (nSPS) is 11.4. The Balaban J connectivity index is 2.00. The van der Waals surface area contributed by atoms with E-state index in [0.29, 0.717) is 13.1 Å². The standard InChI is InChI=1S/C16H20BrN5O2/c1-18-16(21(3)11-15-8-13(17)10-20(15)2)19-9-12-5-4-6-14(7-12)22(23)24/h4-8,10H,9,11H2,1-3H3,(H,18,19). The molecule has 0 saturated carbocycles. The number of guanidine groups is 1. The second-order valence-corrected chi connectivity index (χ2v) is 6.36. The number of non-ortho nitro benzene ring substituents is 1. The minimum atomic E-state index is -0.391. The van der Waals surface area contributed by atoms with Crippen LogP contribution in [0.1, 0.15) is 11.3 Å². The molecule has 0 aliphatic rings. The van der Waals surface area contributed by atoms with Crippen LogP contribution in [0.25, 0.3) is 0 Å². The number of nitrogens with one attached hydrogen (secondary N) is 1. The minimum absolute atomic E-state index is 0.0892. The molecular formula is C16H20BrN5O2. The number of aromatic nitrogens is 1. The zero-order valence-corrected chi connectivity index (χ0v) is 15.4. The summed E-state index contributed by atoms with van der Waals surface area (Å²) in [6, 6.07) is 8.64. The Bertz CT molecular complexity index is 757. The second-order valence-electron chi connectivity index (χ2n) is 5.44. The van der Waals surface area contributed by atoms with Crippen molar-refractivity contribution in [3.8, 4) is 0 Å². The van der Waals surface area contributed by atoms with Crippen molar-refractivity contribution in [1.29, 1.82) is 0 Å². The van der Waals surface area contributed by atoms with Gasteiger partial charge < -0.3 is 14.8 Å². The first-order chi connectivity index (χ1) is 11.4. The van der Waals surface area contributed by atoms with Crippen LogP contribution in [0.15, 0.2) is 46.0 Å². The Labute approximate surface area is 149 Å². The van der Waals surface area contributed by atoms with Gasteiger partial charge in [-0.25, -0.2) is 0 Å². The number of nitro benzene ring substituents is 1. The van der Waals surface area contributed by atoms with Gasteiger partial charge in [0.15, 0.2) is 5.96 Å². The predicted molar refractivity (Wildman–Crippen MR) is 97.9 cm³/mol. The summed E-state index contributed by atoms with van der Waals surface area (Å²) in [6.07, 6.45) is 2.00. The van der Waals surface area contributed by atoms with Gasteiger partial charge in [0.25, 0.3) is 5.69 Å². The zero-order chi connectivity index (χ0) is 17.7. The summed E-state index contributed by atoms with van der Waals surface area (Å²) in [5.41, 5.74) is 2.06. The highest BCUT2D eigenvalue weighted by Gasteiger charge is 2.11. The Kier molecular flexibility index (Phi) is 5.97. The van der Waals surface area contributed by atoms with E-state index in [4.69, 9.17) is 0 Å². The summed E-state index contributed by atoms with van der Waals surface area (Å²) in [5, 5.41) is 14.1. The molecule has 2 aromatic rings. The third kappa shape index (κ3) is 4.58. The molecule has 0 saturated heterocycles. The van der Waals surface area contributed by atoms with E-state index in [-0.39, 0.29) is 5.69 Å². The van der Waals surface area contributed by atoms with Gasteiger partial charge in [0.05, 0.1) is 11.5 Å². The zero-order valence-electron chi connectivity index (χ0n) is 13.9. The average Bonchev–Trinajstić information content (AvgIpc) is 2.85. The van der Waals surface area contributed by atoms with Crippen LogP contribution in [-0.4, -0.2) is 34.4 Å². The van der Waals surface area contributed by atoms with Crippen LogP contribution in [0.2, 0.25) is 0 Å². The Hall–Kier alpha value is -2.35. The molecule has 2 rings (SSSR count). The van der Waals surface area contributed by atoms with Crippen LogP contribution in [0.4, 0.5) is 5.69 Å². The lowest BCUT2D eigenvalue weighted by atomic mass is 10.2. The van der Waals surface area contributed by atoms with Crippen molar-refractivity contribution in [2.75, 3.05) is 14.1 Å². The van der Waals surface area contributed by atoms with Crippen molar-refractivity contribution in [3.63, 3.8) is 0 Å². The van der Waals surface area contributed by atoms with Gasteiger partial charge in [0, 0.05) is 56.2 Å². The van der Waals surface area contributed by atoms with Gasteiger partial charge in [0.2, 0.25) is 0 Å². The average molecular weight is 394 g/mol. The number of hydrogen-bond acceptors (Lipinski definition) is 3. The van der Waals surface area contributed by atoms with Crippen molar-refractivity contribution in [2.24, 2.45) is 12.0 Å². The molecular weight excluding hydrogens is 374 g/mol. The Morgan fingerprint density at radius 3 is 2.79 bits per heavy atom. The summed E-state index contributed by atoms with van der Waals surface area (Å²) >= 11 is 3.47. The molecule has 8 heteroatoms. The number of aliphatic imine (C=N–C) groups is 1. The fourth-order valence-corrected chi connectivity index (χ4v) is 2.96. The van der Waals surface area contributed by atoms with Gasteiger partial charge >= 0.3 is 0 Å². The molecule has 1 aromatic carbocycles. The fourth-order valence-electron chi connectivity index (χ4n) is 2.39. The number of nitro groups is 1. The van der Waals surface area contributed by atoms with Crippen molar-refractivity contribution in [3.05, 3.63) is 62.4 Å². The minimum Gasteiger partial charge on any atom is -0.352 e. The fraction of sp³-hybridized carbons (Fsp3) is 0.312.